The zero-order valence-corrected chi connectivity index (χ0v) is 16.1. The maximum atomic E-state index is 12.2. The van der Waals surface area contributed by atoms with E-state index in [9.17, 15) is 14.4 Å². The van der Waals surface area contributed by atoms with Gasteiger partial charge >= 0.3 is 6.09 Å². The van der Waals surface area contributed by atoms with E-state index in [1.54, 1.807) is 44.4 Å². The quantitative estimate of drug-likeness (QED) is 0.669. The maximum absolute atomic E-state index is 12.2. The molecule has 0 heterocycles. The SMILES string of the molecule is CN(C)C(=O)[C@H]1CC[C@H](NC(=O)C=Cc2ccc(Cl)cc2)[C@H](NC(=O)O)C1. The highest BCUT2D eigenvalue weighted by Crippen LogP contribution is 2.26. The summed E-state index contributed by atoms with van der Waals surface area (Å²) in [5, 5.41) is 15.0. The van der Waals surface area contributed by atoms with Crippen LogP contribution in [0, 0.1) is 5.92 Å². The summed E-state index contributed by atoms with van der Waals surface area (Å²) in [5.74, 6) is -0.598. The van der Waals surface area contributed by atoms with Crippen molar-refractivity contribution >= 4 is 35.6 Å². The number of nitrogens with one attached hydrogen (secondary N) is 2. The lowest BCUT2D eigenvalue weighted by atomic mass is 9.81. The molecule has 0 aliphatic heterocycles. The molecular formula is C19H24ClN3O4. The number of carbonyl (C=O) groups excluding carboxylic acids is 2. The summed E-state index contributed by atoms with van der Waals surface area (Å²) in [6, 6.07) is 6.16. The van der Waals surface area contributed by atoms with Gasteiger partial charge in [0, 0.05) is 37.2 Å². The molecular weight excluding hydrogens is 370 g/mol. The van der Waals surface area contributed by atoms with Crippen molar-refractivity contribution in [2.45, 2.75) is 31.3 Å². The van der Waals surface area contributed by atoms with Crippen molar-refractivity contribution in [3.8, 4) is 0 Å². The minimum absolute atomic E-state index is 0.0281. The topological polar surface area (TPSA) is 98.7 Å². The molecule has 7 nitrogen and oxygen atoms in total. The predicted molar refractivity (Wildman–Crippen MR) is 103 cm³/mol. The van der Waals surface area contributed by atoms with E-state index in [2.05, 4.69) is 10.6 Å². The molecule has 27 heavy (non-hydrogen) atoms. The van der Waals surface area contributed by atoms with Crippen LogP contribution in [0.25, 0.3) is 6.08 Å². The predicted octanol–water partition coefficient (Wildman–Crippen LogP) is 2.36. The number of hydrogen-bond acceptors (Lipinski definition) is 3. The number of nitrogens with zero attached hydrogens (tertiary/aromatic N) is 1. The highest BCUT2D eigenvalue weighted by atomic mass is 35.5. The first kappa shape index (κ1) is 20.8. The molecule has 0 unspecified atom stereocenters. The highest BCUT2D eigenvalue weighted by molar-refractivity contribution is 6.30. The lowest BCUT2D eigenvalue weighted by Gasteiger charge is -2.36. The smallest absolute Gasteiger partial charge is 0.404 e. The Morgan fingerprint density at radius 3 is 2.37 bits per heavy atom. The van der Waals surface area contributed by atoms with E-state index in [0.717, 1.165) is 5.56 Å². The Bertz CT molecular complexity index is 718. The summed E-state index contributed by atoms with van der Waals surface area (Å²) in [6.07, 6.45) is 3.37. The van der Waals surface area contributed by atoms with Crippen LogP contribution in [0.2, 0.25) is 5.02 Å². The van der Waals surface area contributed by atoms with E-state index in [1.807, 2.05) is 0 Å². The van der Waals surface area contributed by atoms with Crippen LogP contribution in [0.4, 0.5) is 4.79 Å². The van der Waals surface area contributed by atoms with Crippen molar-refractivity contribution in [1.29, 1.82) is 0 Å². The molecule has 1 aromatic carbocycles. The fourth-order valence-corrected chi connectivity index (χ4v) is 3.35. The molecule has 8 heteroatoms. The van der Waals surface area contributed by atoms with Crippen molar-refractivity contribution in [2.24, 2.45) is 5.92 Å². The van der Waals surface area contributed by atoms with E-state index < -0.39 is 12.1 Å². The van der Waals surface area contributed by atoms with Crippen LogP contribution < -0.4 is 10.6 Å². The maximum Gasteiger partial charge on any atom is 0.404 e. The molecule has 1 fully saturated rings. The van der Waals surface area contributed by atoms with E-state index in [-0.39, 0.29) is 23.8 Å². The molecule has 1 aliphatic rings. The van der Waals surface area contributed by atoms with Gasteiger partial charge in [-0.05, 0) is 43.0 Å². The van der Waals surface area contributed by atoms with Gasteiger partial charge in [0.2, 0.25) is 11.8 Å². The molecule has 1 saturated carbocycles. The van der Waals surface area contributed by atoms with E-state index >= 15 is 0 Å². The molecule has 0 bridgehead atoms. The largest absolute Gasteiger partial charge is 0.465 e. The minimum atomic E-state index is -1.17. The van der Waals surface area contributed by atoms with Gasteiger partial charge in [-0.25, -0.2) is 4.79 Å². The lowest BCUT2D eigenvalue weighted by molar-refractivity contribution is -0.134. The molecule has 0 aromatic heterocycles. The molecule has 2 rings (SSSR count). The van der Waals surface area contributed by atoms with Crippen LogP contribution in [-0.4, -0.2) is 54.1 Å². The molecule has 1 aliphatic carbocycles. The lowest BCUT2D eigenvalue weighted by Crippen LogP contribution is -2.55. The number of amides is 3. The second kappa shape index (κ2) is 9.41. The zero-order chi connectivity index (χ0) is 20.0. The van der Waals surface area contributed by atoms with Crippen molar-refractivity contribution < 1.29 is 19.5 Å². The number of carbonyl (C=O) groups is 3. The van der Waals surface area contributed by atoms with Crippen molar-refractivity contribution in [3.63, 3.8) is 0 Å². The fourth-order valence-electron chi connectivity index (χ4n) is 3.23. The van der Waals surface area contributed by atoms with Gasteiger partial charge in [0.1, 0.15) is 0 Å². The number of carboxylic acid groups (broad SMARTS) is 1. The van der Waals surface area contributed by atoms with Crippen LogP contribution >= 0.6 is 11.6 Å². The Morgan fingerprint density at radius 2 is 1.78 bits per heavy atom. The molecule has 3 amide bonds. The molecule has 146 valence electrons. The number of benzene rings is 1. The van der Waals surface area contributed by atoms with Crippen LogP contribution in [-0.2, 0) is 9.59 Å². The van der Waals surface area contributed by atoms with Gasteiger partial charge in [-0.15, -0.1) is 0 Å². The van der Waals surface area contributed by atoms with Crippen LogP contribution in [0.15, 0.2) is 30.3 Å². The Labute approximate surface area is 163 Å². The zero-order valence-electron chi connectivity index (χ0n) is 15.3. The van der Waals surface area contributed by atoms with Crippen LogP contribution in [0.5, 0.6) is 0 Å². The summed E-state index contributed by atoms with van der Waals surface area (Å²) in [6.45, 7) is 0. The van der Waals surface area contributed by atoms with Gasteiger partial charge in [-0.2, -0.15) is 0 Å². The standard InChI is InChI=1S/C19H24ClN3O4/c1-23(2)18(25)13-6-9-15(16(11-13)22-19(26)27)21-17(24)10-5-12-3-7-14(20)8-4-12/h3-5,7-8,10,13,15-16,22H,6,9,11H2,1-2H3,(H,21,24)(H,26,27)/t13-,15-,16+/m0/s1. The monoisotopic (exact) mass is 393 g/mol. The van der Waals surface area contributed by atoms with Crippen molar-refractivity contribution in [3.05, 3.63) is 40.9 Å². The van der Waals surface area contributed by atoms with Crippen molar-refractivity contribution in [1.82, 2.24) is 15.5 Å². The van der Waals surface area contributed by atoms with E-state index in [4.69, 9.17) is 16.7 Å². The average molecular weight is 394 g/mol. The number of rotatable bonds is 5. The normalized spacial score (nSPS) is 22.3. The second-order valence-electron chi connectivity index (χ2n) is 6.80. The number of hydrogen-bond donors (Lipinski definition) is 3. The molecule has 3 N–H and O–H groups in total. The molecule has 0 radical (unpaired) electrons. The second-order valence-corrected chi connectivity index (χ2v) is 7.24. The molecule has 1 aromatic rings. The van der Waals surface area contributed by atoms with Gasteiger partial charge < -0.3 is 20.6 Å². The van der Waals surface area contributed by atoms with Crippen LogP contribution in [0.3, 0.4) is 0 Å². The summed E-state index contributed by atoms with van der Waals surface area (Å²) >= 11 is 5.83. The highest BCUT2D eigenvalue weighted by Gasteiger charge is 2.35. The first-order valence-corrected chi connectivity index (χ1v) is 9.09. The van der Waals surface area contributed by atoms with Gasteiger partial charge in [0.05, 0.1) is 6.04 Å². The van der Waals surface area contributed by atoms with Gasteiger partial charge in [0.15, 0.2) is 0 Å². The third-order valence-electron chi connectivity index (χ3n) is 4.57. The Morgan fingerprint density at radius 1 is 1.11 bits per heavy atom. The molecule has 3 atom stereocenters. The van der Waals surface area contributed by atoms with Gasteiger partial charge in [-0.3, -0.25) is 9.59 Å². The van der Waals surface area contributed by atoms with Crippen LogP contribution in [0.1, 0.15) is 24.8 Å². The summed E-state index contributed by atoms with van der Waals surface area (Å²) in [5.41, 5.74) is 0.829. The first-order valence-electron chi connectivity index (χ1n) is 8.71. The van der Waals surface area contributed by atoms with E-state index in [1.165, 1.54) is 11.0 Å². The summed E-state index contributed by atoms with van der Waals surface area (Å²) < 4.78 is 0. The summed E-state index contributed by atoms with van der Waals surface area (Å²) in [7, 11) is 3.36. The van der Waals surface area contributed by atoms with Gasteiger partial charge in [-0.1, -0.05) is 23.7 Å². The fraction of sp³-hybridized carbons (Fsp3) is 0.421. The molecule has 0 spiro atoms. The van der Waals surface area contributed by atoms with E-state index in [0.29, 0.717) is 24.3 Å². The first-order chi connectivity index (χ1) is 12.8. The van der Waals surface area contributed by atoms with Gasteiger partial charge in [0.25, 0.3) is 0 Å². The minimum Gasteiger partial charge on any atom is -0.465 e. The Kier molecular flexibility index (Phi) is 7.24. The van der Waals surface area contributed by atoms with Crippen molar-refractivity contribution in [2.75, 3.05) is 14.1 Å². The Hall–Kier alpha value is -2.54. The Balaban J connectivity index is 2.00. The summed E-state index contributed by atoms with van der Waals surface area (Å²) in [4.78, 5) is 37.0. The third-order valence-corrected chi connectivity index (χ3v) is 4.83. The number of halogens is 1. The molecule has 0 saturated heterocycles. The third kappa shape index (κ3) is 6.29. The average Bonchev–Trinajstić information content (AvgIpc) is 2.61.